The van der Waals surface area contributed by atoms with Gasteiger partial charge < -0.3 is 20.3 Å². The van der Waals surface area contributed by atoms with Crippen molar-refractivity contribution in [1.29, 1.82) is 0 Å². The highest BCUT2D eigenvalue weighted by Crippen LogP contribution is 2.43. The minimum atomic E-state index is -0.198. The van der Waals surface area contributed by atoms with Gasteiger partial charge in [0.1, 0.15) is 5.75 Å². The van der Waals surface area contributed by atoms with Gasteiger partial charge in [-0.15, -0.1) is 0 Å². The van der Waals surface area contributed by atoms with E-state index in [2.05, 4.69) is 5.32 Å². The maximum absolute atomic E-state index is 12.1. The number of allylic oxidation sites excluding steroid dienone is 1. The molecule has 0 saturated carbocycles. The summed E-state index contributed by atoms with van der Waals surface area (Å²) in [7, 11) is 1.48. The number of phenolic OH excluding ortho intramolecular Hbond substituents is 2. The number of halogens is 1. The molecule has 0 aromatic heterocycles. The lowest BCUT2D eigenvalue weighted by atomic mass is 9.84. The number of carbonyl (C=O) groups is 1. The van der Waals surface area contributed by atoms with Crippen LogP contribution >= 0.6 is 11.6 Å². The van der Waals surface area contributed by atoms with Crippen molar-refractivity contribution in [2.45, 2.75) is 19.3 Å². The number of methoxy groups -OCH3 is 1. The summed E-state index contributed by atoms with van der Waals surface area (Å²) in [6.07, 6.45) is 2.08. The molecule has 1 atom stereocenters. The van der Waals surface area contributed by atoms with Gasteiger partial charge in [0.25, 0.3) is 0 Å². The molecule has 1 aliphatic rings. The van der Waals surface area contributed by atoms with Gasteiger partial charge in [-0.25, -0.2) is 0 Å². The smallest absolute Gasteiger partial charge is 0.225 e. The van der Waals surface area contributed by atoms with Crippen LogP contribution < -0.4 is 10.1 Å². The maximum Gasteiger partial charge on any atom is 0.225 e. The van der Waals surface area contributed by atoms with Crippen LogP contribution in [0.2, 0.25) is 5.02 Å². The molecule has 1 heterocycles. The molecule has 2 aromatic rings. The van der Waals surface area contributed by atoms with Crippen LogP contribution in [0, 0.1) is 0 Å². The maximum atomic E-state index is 12.1. The molecule has 0 spiro atoms. The number of rotatable bonds is 3. The molecule has 25 heavy (non-hydrogen) atoms. The molecular formula is C19H18ClNO4. The fraction of sp³-hybridized carbons (Fsp3) is 0.211. The summed E-state index contributed by atoms with van der Waals surface area (Å²) < 4.78 is 5.18. The molecule has 3 rings (SSSR count). The van der Waals surface area contributed by atoms with E-state index in [0.717, 1.165) is 11.1 Å². The number of aromatic hydroxyl groups is 2. The molecular weight excluding hydrogens is 342 g/mol. The zero-order valence-corrected chi connectivity index (χ0v) is 14.6. The van der Waals surface area contributed by atoms with Crippen LogP contribution in [0.3, 0.4) is 0 Å². The summed E-state index contributed by atoms with van der Waals surface area (Å²) in [5.74, 6) is 0.101. The average molecular weight is 360 g/mol. The predicted octanol–water partition coefficient (Wildman–Crippen LogP) is 4.29. The fourth-order valence-electron chi connectivity index (χ4n) is 3.03. The number of anilines is 1. The van der Waals surface area contributed by atoms with Crippen LogP contribution in [-0.4, -0.2) is 23.2 Å². The number of hydrogen-bond donors (Lipinski definition) is 3. The first kappa shape index (κ1) is 17.2. The van der Waals surface area contributed by atoms with Crippen molar-refractivity contribution in [2.24, 2.45) is 0 Å². The molecule has 1 amide bonds. The number of carbonyl (C=O) groups excluding carboxylic acids is 1. The molecule has 130 valence electrons. The number of amides is 1. The Kier molecular flexibility index (Phi) is 4.59. The molecule has 0 radical (unpaired) electrons. The lowest BCUT2D eigenvalue weighted by molar-refractivity contribution is -0.116. The second-order valence-electron chi connectivity index (χ2n) is 6.01. The fourth-order valence-corrected chi connectivity index (χ4v) is 3.21. The summed E-state index contributed by atoms with van der Waals surface area (Å²) in [6, 6.07) is 8.03. The molecule has 5 nitrogen and oxygen atoms in total. The summed E-state index contributed by atoms with van der Waals surface area (Å²) in [4.78, 5) is 12.1. The molecule has 3 N–H and O–H groups in total. The number of ether oxygens (including phenoxy) is 1. The Labute approximate surface area is 150 Å². The number of phenols is 2. The molecule has 1 aliphatic heterocycles. The van der Waals surface area contributed by atoms with E-state index in [4.69, 9.17) is 16.3 Å². The third kappa shape index (κ3) is 3.42. The SMILES string of the molecule is COc1cc2c(cc1O)NC(=O)CC2C(C)=Cc1cc(Cl)ccc1O. The van der Waals surface area contributed by atoms with Gasteiger partial charge in [0.05, 0.1) is 7.11 Å². The number of hydrogen-bond acceptors (Lipinski definition) is 4. The first-order valence-electron chi connectivity index (χ1n) is 7.76. The second kappa shape index (κ2) is 6.69. The lowest BCUT2D eigenvalue weighted by Gasteiger charge is -2.27. The van der Waals surface area contributed by atoms with Crippen molar-refractivity contribution < 1.29 is 19.7 Å². The minimum absolute atomic E-state index is 0.0312. The Balaban J connectivity index is 2.07. The minimum Gasteiger partial charge on any atom is -0.507 e. The molecule has 0 saturated heterocycles. The Morgan fingerprint density at radius 2 is 2.04 bits per heavy atom. The molecule has 2 aromatic carbocycles. The van der Waals surface area contributed by atoms with Gasteiger partial charge in [-0.05, 0) is 36.8 Å². The first-order valence-corrected chi connectivity index (χ1v) is 8.14. The van der Waals surface area contributed by atoms with E-state index in [1.54, 1.807) is 18.2 Å². The summed E-state index contributed by atoms with van der Waals surface area (Å²) in [5, 5.41) is 23.2. The molecule has 6 heteroatoms. The standard InChI is InChI=1S/C19H18ClNO4/c1-10(5-11-6-12(20)3-4-16(11)22)13-8-19(24)21-15-9-17(23)18(25-2)7-14(13)15/h3-7,9,13,22-23H,8H2,1-2H3,(H,21,24). The van der Waals surface area contributed by atoms with Crippen LogP contribution in [0.5, 0.6) is 17.2 Å². The molecule has 0 aliphatic carbocycles. The molecule has 0 fully saturated rings. The van der Waals surface area contributed by atoms with Gasteiger partial charge >= 0.3 is 0 Å². The van der Waals surface area contributed by atoms with Crippen molar-refractivity contribution in [3.8, 4) is 17.2 Å². The van der Waals surface area contributed by atoms with E-state index in [9.17, 15) is 15.0 Å². The van der Waals surface area contributed by atoms with Crippen molar-refractivity contribution >= 4 is 29.3 Å². The third-order valence-corrected chi connectivity index (χ3v) is 4.55. The molecule has 1 unspecified atom stereocenters. The Morgan fingerprint density at radius 3 is 2.76 bits per heavy atom. The summed E-state index contributed by atoms with van der Waals surface area (Å²) in [6.45, 7) is 1.90. The number of fused-ring (bicyclic) bond motifs is 1. The van der Waals surface area contributed by atoms with E-state index in [1.165, 1.54) is 19.2 Å². The van der Waals surface area contributed by atoms with Crippen LogP contribution in [0.15, 0.2) is 35.9 Å². The Bertz CT molecular complexity index is 876. The molecule has 0 bridgehead atoms. The number of benzene rings is 2. The van der Waals surface area contributed by atoms with Gasteiger partial charge in [0, 0.05) is 34.7 Å². The third-order valence-electron chi connectivity index (χ3n) is 4.31. The lowest BCUT2D eigenvalue weighted by Crippen LogP contribution is -2.23. The van der Waals surface area contributed by atoms with Crippen LogP contribution in [0.1, 0.15) is 30.4 Å². The quantitative estimate of drug-likeness (QED) is 0.763. The summed E-state index contributed by atoms with van der Waals surface area (Å²) in [5.41, 5.74) is 2.89. The van der Waals surface area contributed by atoms with Crippen LogP contribution in [-0.2, 0) is 4.79 Å². The van der Waals surface area contributed by atoms with Crippen molar-refractivity contribution in [2.75, 3.05) is 12.4 Å². The van der Waals surface area contributed by atoms with Crippen LogP contribution in [0.25, 0.3) is 6.08 Å². The van der Waals surface area contributed by atoms with E-state index in [1.807, 2.05) is 13.0 Å². The van der Waals surface area contributed by atoms with Crippen molar-refractivity contribution in [1.82, 2.24) is 0 Å². The van der Waals surface area contributed by atoms with Gasteiger partial charge in [-0.3, -0.25) is 4.79 Å². The van der Waals surface area contributed by atoms with E-state index >= 15 is 0 Å². The van der Waals surface area contributed by atoms with Crippen molar-refractivity contribution in [3.63, 3.8) is 0 Å². The second-order valence-corrected chi connectivity index (χ2v) is 6.44. The van der Waals surface area contributed by atoms with Gasteiger partial charge in [-0.1, -0.05) is 23.3 Å². The van der Waals surface area contributed by atoms with Gasteiger partial charge in [0.15, 0.2) is 11.5 Å². The van der Waals surface area contributed by atoms with E-state index < -0.39 is 0 Å². The topological polar surface area (TPSA) is 78.8 Å². The highest BCUT2D eigenvalue weighted by molar-refractivity contribution is 6.30. The van der Waals surface area contributed by atoms with Crippen LogP contribution in [0.4, 0.5) is 5.69 Å². The van der Waals surface area contributed by atoms with Gasteiger partial charge in [-0.2, -0.15) is 0 Å². The predicted molar refractivity (Wildman–Crippen MR) is 97.4 cm³/mol. The first-order chi connectivity index (χ1) is 11.9. The zero-order chi connectivity index (χ0) is 18.1. The normalized spacial score (nSPS) is 17.0. The van der Waals surface area contributed by atoms with Crippen molar-refractivity contribution in [3.05, 3.63) is 52.1 Å². The number of nitrogens with one attached hydrogen (secondary N) is 1. The largest absolute Gasteiger partial charge is 0.507 e. The highest BCUT2D eigenvalue weighted by Gasteiger charge is 2.28. The van der Waals surface area contributed by atoms with E-state index in [-0.39, 0.29) is 29.7 Å². The average Bonchev–Trinajstić information content (AvgIpc) is 2.56. The zero-order valence-electron chi connectivity index (χ0n) is 13.8. The summed E-state index contributed by atoms with van der Waals surface area (Å²) >= 11 is 6.00. The monoisotopic (exact) mass is 359 g/mol. The highest BCUT2D eigenvalue weighted by atomic mass is 35.5. The van der Waals surface area contributed by atoms with Gasteiger partial charge in [0.2, 0.25) is 5.91 Å². The van der Waals surface area contributed by atoms with E-state index in [0.29, 0.717) is 22.0 Å². The Hall–Kier alpha value is -2.66. The Morgan fingerprint density at radius 1 is 1.28 bits per heavy atom.